The summed E-state index contributed by atoms with van der Waals surface area (Å²) >= 11 is 11.9. The predicted molar refractivity (Wildman–Crippen MR) is 104 cm³/mol. The highest BCUT2D eigenvalue weighted by atomic mass is 35.5. The first-order valence-corrected chi connectivity index (χ1v) is 8.14. The Morgan fingerprint density at radius 2 is 1.00 bits per heavy atom. The van der Waals surface area contributed by atoms with E-state index in [1.807, 2.05) is 72.8 Å². The van der Waals surface area contributed by atoms with E-state index in [1.165, 1.54) is 0 Å². The van der Waals surface area contributed by atoms with E-state index < -0.39 is 0 Å². The van der Waals surface area contributed by atoms with E-state index in [9.17, 15) is 0 Å². The van der Waals surface area contributed by atoms with E-state index in [-0.39, 0.29) is 0 Å². The van der Waals surface area contributed by atoms with Gasteiger partial charge in [-0.1, -0.05) is 47.5 Å². The van der Waals surface area contributed by atoms with E-state index in [0.717, 1.165) is 22.5 Å². The van der Waals surface area contributed by atoms with Gasteiger partial charge in [0.1, 0.15) is 0 Å². The van der Waals surface area contributed by atoms with Gasteiger partial charge in [0.15, 0.2) is 0 Å². The normalized spacial score (nSPS) is 11.4. The van der Waals surface area contributed by atoms with Crippen LogP contribution in [0, 0.1) is 0 Å². The third-order valence-electron chi connectivity index (χ3n) is 3.27. The van der Waals surface area contributed by atoms with Crippen LogP contribution in [-0.4, -0.2) is 12.4 Å². The van der Waals surface area contributed by atoms with Gasteiger partial charge in [0.05, 0.1) is 11.4 Å². The fraction of sp³-hybridized carbons (Fsp3) is 0. The Morgan fingerprint density at radius 3 is 1.38 bits per heavy atom. The average molecular weight is 353 g/mol. The molecule has 3 aromatic rings. The van der Waals surface area contributed by atoms with Crippen molar-refractivity contribution >= 4 is 47.0 Å². The lowest BCUT2D eigenvalue weighted by Crippen LogP contribution is -1.80. The minimum atomic E-state index is 0.699. The van der Waals surface area contributed by atoms with Gasteiger partial charge in [-0.15, -0.1) is 0 Å². The van der Waals surface area contributed by atoms with Crippen LogP contribution < -0.4 is 0 Å². The molecule has 0 amide bonds. The molecule has 24 heavy (non-hydrogen) atoms. The summed E-state index contributed by atoms with van der Waals surface area (Å²) in [6, 6.07) is 22.8. The van der Waals surface area contributed by atoms with Crippen LogP contribution in [0.3, 0.4) is 0 Å². The Labute approximate surface area is 151 Å². The van der Waals surface area contributed by atoms with Crippen LogP contribution in [0.5, 0.6) is 0 Å². The van der Waals surface area contributed by atoms with Crippen LogP contribution in [0.2, 0.25) is 10.0 Å². The van der Waals surface area contributed by atoms with Crippen molar-refractivity contribution in [2.45, 2.75) is 0 Å². The molecule has 3 rings (SSSR count). The quantitative estimate of drug-likeness (QED) is 0.479. The molecule has 2 nitrogen and oxygen atoms in total. The molecule has 0 aromatic heterocycles. The lowest BCUT2D eigenvalue weighted by Gasteiger charge is -1.98. The highest BCUT2D eigenvalue weighted by Gasteiger charge is 1.94. The lowest BCUT2D eigenvalue weighted by atomic mass is 10.2. The van der Waals surface area contributed by atoms with Crippen LogP contribution in [-0.2, 0) is 0 Å². The number of benzene rings is 3. The first-order valence-electron chi connectivity index (χ1n) is 7.38. The van der Waals surface area contributed by atoms with Crippen LogP contribution in [0.25, 0.3) is 0 Å². The number of rotatable bonds is 4. The Bertz CT molecular complexity index is 810. The molecule has 0 bridgehead atoms. The van der Waals surface area contributed by atoms with Crippen molar-refractivity contribution in [3.8, 4) is 0 Å². The molecule has 0 fully saturated rings. The molecular formula is C20H14Cl2N2. The standard InChI is InChI=1S/C20H14Cl2N2/c21-17-5-1-3-15(11-17)13-23-19-7-9-20(10-8-19)24-14-16-4-2-6-18(22)12-16/h1-14H. The predicted octanol–water partition coefficient (Wildman–Crippen LogP) is 6.49. The summed E-state index contributed by atoms with van der Waals surface area (Å²) in [6.45, 7) is 0. The van der Waals surface area contributed by atoms with Crippen LogP contribution >= 0.6 is 23.2 Å². The van der Waals surface area contributed by atoms with Gasteiger partial charge in [-0.25, -0.2) is 0 Å². The third kappa shape index (κ3) is 4.79. The first-order chi connectivity index (χ1) is 11.7. The second kappa shape index (κ2) is 7.91. The minimum absolute atomic E-state index is 0.699. The van der Waals surface area contributed by atoms with Crippen molar-refractivity contribution in [3.05, 3.63) is 94.0 Å². The maximum absolute atomic E-state index is 5.96. The molecule has 0 aliphatic carbocycles. The van der Waals surface area contributed by atoms with Crippen LogP contribution in [0.1, 0.15) is 11.1 Å². The summed E-state index contributed by atoms with van der Waals surface area (Å²) in [4.78, 5) is 8.87. The molecule has 0 heterocycles. The molecule has 118 valence electrons. The molecule has 0 atom stereocenters. The van der Waals surface area contributed by atoms with Gasteiger partial charge < -0.3 is 0 Å². The first kappa shape index (κ1) is 16.4. The number of nitrogens with zero attached hydrogens (tertiary/aromatic N) is 2. The maximum Gasteiger partial charge on any atom is 0.0631 e. The zero-order valence-electron chi connectivity index (χ0n) is 12.7. The fourth-order valence-corrected chi connectivity index (χ4v) is 2.49. The number of hydrogen-bond acceptors (Lipinski definition) is 2. The summed E-state index contributed by atoms with van der Waals surface area (Å²) in [5.74, 6) is 0. The van der Waals surface area contributed by atoms with E-state index in [2.05, 4.69) is 9.98 Å². The van der Waals surface area contributed by atoms with E-state index >= 15 is 0 Å². The molecule has 3 aromatic carbocycles. The largest absolute Gasteiger partial charge is 0.256 e. The minimum Gasteiger partial charge on any atom is -0.256 e. The molecule has 0 saturated carbocycles. The zero-order valence-corrected chi connectivity index (χ0v) is 14.2. The molecule has 0 N–H and O–H groups in total. The fourth-order valence-electron chi connectivity index (χ4n) is 2.10. The lowest BCUT2D eigenvalue weighted by molar-refractivity contribution is 1.48. The van der Waals surface area contributed by atoms with Crippen LogP contribution in [0.4, 0.5) is 11.4 Å². The third-order valence-corrected chi connectivity index (χ3v) is 3.74. The van der Waals surface area contributed by atoms with Crippen LogP contribution in [0.15, 0.2) is 82.8 Å². The van der Waals surface area contributed by atoms with Crippen molar-refractivity contribution in [1.82, 2.24) is 0 Å². The molecule has 0 aliphatic rings. The molecular weight excluding hydrogens is 339 g/mol. The van der Waals surface area contributed by atoms with Gasteiger partial charge >= 0.3 is 0 Å². The van der Waals surface area contributed by atoms with Gasteiger partial charge in [-0.2, -0.15) is 0 Å². The molecule has 4 heteroatoms. The SMILES string of the molecule is Clc1cccc(C=Nc2ccc(N=Cc3cccc(Cl)c3)cc2)c1. The van der Waals surface area contributed by atoms with Crippen molar-refractivity contribution in [2.24, 2.45) is 9.98 Å². The maximum atomic E-state index is 5.96. The zero-order chi connectivity index (χ0) is 16.8. The Morgan fingerprint density at radius 1 is 0.583 bits per heavy atom. The highest BCUT2D eigenvalue weighted by Crippen LogP contribution is 2.19. The topological polar surface area (TPSA) is 24.7 Å². The van der Waals surface area contributed by atoms with E-state index in [4.69, 9.17) is 23.2 Å². The molecule has 0 unspecified atom stereocenters. The van der Waals surface area contributed by atoms with Crippen molar-refractivity contribution in [2.75, 3.05) is 0 Å². The van der Waals surface area contributed by atoms with Gasteiger partial charge in [0, 0.05) is 22.5 Å². The summed E-state index contributed by atoms with van der Waals surface area (Å²) < 4.78 is 0. The van der Waals surface area contributed by atoms with Gasteiger partial charge in [-0.05, 0) is 59.7 Å². The van der Waals surface area contributed by atoms with Crippen molar-refractivity contribution in [3.63, 3.8) is 0 Å². The monoisotopic (exact) mass is 352 g/mol. The number of halogens is 2. The van der Waals surface area contributed by atoms with Gasteiger partial charge in [0.25, 0.3) is 0 Å². The van der Waals surface area contributed by atoms with Gasteiger partial charge in [-0.3, -0.25) is 9.98 Å². The average Bonchev–Trinajstić information content (AvgIpc) is 2.59. The summed E-state index contributed by atoms with van der Waals surface area (Å²) in [7, 11) is 0. The second-order valence-electron chi connectivity index (χ2n) is 5.14. The summed E-state index contributed by atoms with van der Waals surface area (Å²) in [5.41, 5.74) is 3.64. The van der Waals surface area contributed by atoms with E-state index in [0.29, 0.717) is 10.0 Å². The number of aliphatic imine (C=N–C) groups is 2. The Balaban J connectivity index is 1.69. The smallest absolute Gasteiger partial charge is 0.0631 e. The highest BCUT2D eigenvalue weighted by molar-refractivity contribution is 6.31. The van der Waals surface area contributed by atoms with Crippen molar-refractivity contribution in [1.29, 1.82) is 0 Å². The molecule has 0 aliphatic heterocycles. The van der Waals surface area contributed by atoms with Crippen molar-refractivity contribution < 1.29 is 0 Å². The summed E-state index contributed by atoms with van der Waals surface area (Å²) in [5, 5.41) is 1.40. The molecule has 0 spiro atoms. The Hall–Kier alpha value is -2.42. The number of hydrogen-bond donors (Lipinski definition) is 0. The molecule has 0 saturated heterocycles. The second-order valence-corrected chi connectivity index (χ2v) is 6.02. The van der Waals surface area contributed by atoms with E-state index in [1.54, 1.807) is 12.4 Å². The summed E-state index contributed by atoms with van der Waals surface area (Å²) in [6.07, 6.45) is 3.58. The Kier molecular flexibility index (Phi) is 5.42. The molecule has 0 radical (unpaired) electrons. The van der Waals surface area contributed by atoms with Gasteiger partial charge in [0.2, 0.25) is 0 Å².